The number of H-pyrrole nitrogens is 1. The molecule has 2 heterocycles. The molecule has 0 bridgehead atoms. The summed E-state index contributed by atoms with van der Waals surface area (Å²) in [7, 11) is 0. The van der Waals surface area contributed by atoms with Gasteiger partial charge in [-0.05, 0) is 32.4 Å². The molecule has 0 unspecified atom stereocenters. The van der Waals surface area contributed by atoms with Crippen LogP contribution in [0.5, 0.6) is 0 Å². The molecule has 0 saturated heterocycles. The first kappa shape index (κ1) is 12.1. The van der Waals surface area contributed by atoms with Crippen LogP contribution in [-0.2, 0) is 0 Å². The summed E-state index contributed by atoms with van der Waals surface area (Å²) in [6.45, 7) is 5.61. The number of pyridine rings is 1. The molecular formula is C12H15N5O. The van der Waals surface area contributed by atoms with Gasteiger partial charge in [-0.15, -0.1) is 0 Å². The molecule has 6 nitrogen and oxygen atoms in total. The van der Waals surface area contributed by atoms with Gasteiger partial charge in [0.05, 0.1) is 17.1 Å². The molecule has 0 aliphatic heterocycles. The van der Waals surface area contributed by atoms with Gasteiger partial charge in [-0.3, -0.25) is 10.4 Å². The molecule has 18 heavy (non-hydrogen) atoms. The van der Waals surface area contributed by atoms with Gasteiger partial charge in [0.15, 0.2) is 0 Å². The fraction of sp³-hybridized carbons (Fsp3) is 0.250. The summed E-state index contributed by atoms with van der Waals surface area (Å²) >= 11 is 0. The van der Waals surface area contributed by atoms with Crippen LogP contribution in [0.1, 0.15) is 17.0 Å². The second-order valence-corrected chi connectivity index (χ2v) is 4.11. The zero-order valence-corrected chi connectivity index (χ0v) is 10.5. The van der Waals surface area contributed by atoms with Crippen molar-refractivity contribution in [1.29, 1.82) is 0 Å². The van der Waals surface area contributed by atoms with Crippen molar-refractivity contribution in [3.63, 3.8) is 0 Å². The molecular weight excluding hydrogens is 230 g/mol. The lowest BCUT2D eigenvalue weighted by molar-refractivity contribution is 0.262. The lowest BCUT2D eigenvalue weighted by atomic mass is 10.3. The molecule has 0 spiro atoms. The SMILES string of the molecule is Cc1ccc(NC(=O)Nc2c(C)n[nH]c2C)nc1. The molecule has 0 radical (unpaired) electrons. The highest BCUT2D eigenvalue weighted by atomic mass is 16.2. The Morgan fingerprint density at radius 1 is 1.22 bits per heavy atom. The zero-order valence-electron chi connectivity index (χ0n) is 10.5. The standard InChI is InChI=1S/C12H15N5O/c1-7-4-5-10(13-6-7)14-12(18)15-11-8(2)16-17-9(11)3/h4-6H,1-3H3,(H,16,17)(H2,13,14,15,18). The second-order valence-electron chi connectivity index (χ2n) is 4.11. The Morgan fingerprint density at radius 3 is 2.56 bits per heavy atom. The van der Waals surface area contributed by atoms with Crippen LogP contribution in [-0.4, -0.2) is 21.2 Å². The number of rotatable bonds is 2. The number of nitrogens with zero attached hydrogens (tertiary/aromatic N) is 2. The van der Waals surface area contributed by atoms with E-state index in [1.54, 1.807) is 12.3 Å². The number of carbonyl (C=O) groups excluding carboxylic acids is 1. The van der Waals surface area contributed by atoms with Crippen LogP contribution in [0.3, 0.4) is 0 Å². The van der Waals surface area contributed by atoms with E-state index in [1.807, 2.05) is 26.8 Å². The maximum Gasteiger partial charge on any atom is 0.324 e. The Kier molecular flexibility index (Phi) is 3.27. The van der Waals surface area contributed by atoms with Gasteiger partial charge in [0.2, 0.25) is 0 Å². The summed E-state index contributed by atoms with van der Waals surface area (Å²) in [4.78, 5) is 15.9. The van der Waals surface area contributed by atoms with E-state index in [1.165, 1.54) is 0 Å². The Bertz CT molecular complexity index is 539. The van der Waals surface area contributed by atoms with E-state index in [-0.39, 0.29) is 6.03 Å². The molecule has 0 aliphatic rings. The molecule has 94 valence electrons. The second kappa shape index (κ2) is 4.87. The monoisotopic (exact) mass is 245 g/mol. The first-order valence-corrected chi connectivity index (χ1v) is 5.58. The molecule has 6 heteroatoms. The summed E-state index contributed by atoms with van der Waals surface area (Å²) in [5, 5.41) is 12.2. The highest BCUT2D eigenvalue weighted by Gasteiger charge is 2.10. The van der Waals surface area contributed by atoms with Gasteiger partial charge >= 0.3 is 6.03 Å². The molecule has 0 atom stereocenters. The minimum atomic E-state index is -0.334. The van der Waals surface area contributed by atoms with E-state index in [4.69, 9.17) is 0 Å². The minimum absolute atomic E-state index is 0.334. The number of amides is 2. The minimum Gasteiger partial charge on any atom is -0.304 e. The van der Waals surface area contributed by atoms with Gasteiger partial charge in [-0.2, -0.15) is 5.10 Å². The third-order valence-electron chi connectivity index (χ3n) is 2.52. The molecule has 2 aromatic rings. The van der Waals surface area contributed by atoms with Gasteiger partial charge < -0.3 is 5.32 Å². The Morgan fingerprint density at radius 2 is 2.00 bits per heavy atom. The average molecular weight is 245 g/mol. The van der Waals surface area contributed by atoms with Gasteiger partial charge in [0, 0.05) is 6.20 Å². The topological polar surface area (TPSA) is 82.7 Å². The lowest BCUT2D eigenvalue weighted by Crippen LogP contribution is -2.20. The number of carbonyl (C=O) groups is 1. The Balaban J connectivity index is 2.03. The Hall–Kier alpha value is -2.37. The number of aryl methyl sites for hydroxylation is 3. The fourth-order valence-electron chi connectivity index (χ4n) is 1.54. The molecule has 2 aromatic heterocycles. The van der Waals surface area contributed by atoms with Crippen LogP contribution in [0, 0.1) is 20.8 Å². The third kappa shape index (κ3) is 2.65. The highest BCUT2D eigenvalue weighted by Crippen LogP contribution is 2.16. The summed E-state index contributed by atoms with van der Waals surface area (Å²) in [6.07, 6.45) is 1.70. The van der Waals surface area contributed by atoms with Crippen molar-refractivity contribution >= 4 is 17.5 Å². The molecule has 2 rings (SSSR count). The van der Waals surface area contributed by atoms with Crippen molar-refractivity contribution in [3.05, 3.63) is 35.3 Å². The third-order valence-corrected chi connectivity index (χ3v) is 2.52. The van der Waals surface area contributed by atoms with Crippen molar-refractivity contribution in [2.45, 2.75) is 20.8 Å². The fourth-order valence-corrected chi connectivity index (χ4v) is 1.54. The van der Waals surface area contributed by atoms with Crippen molar-refractivity contribution < 1.29 is 4.79 Å². The quantitative estimate of drug-likeness (QED) is 0.759. The van der Waals surface area contributed by atoms with Crippen molar-refractivity contribution in [2.75, 3.05) is 10.6 Å². The zero-order chi connectivity index (χ0) is 13.1. The first-order chi connectivity index (χ1) is 8.56. The maximum absolute atomic E-state index is 11.8. The molecule has 0 aliphatic carbocycles. The van der Waals surface area contributed by atoms with E-state index >= 15 is 0 Å². The number of aromatic amines is 1. The van der Waals surface area contributed by atoms with E-state index in [0.717, 1.165) is 17.0 Å². The molecule has 3 N–H and O–H groups in total. The number of aromatic nitrogens is 3. The highest BCUT2D eigenvalue weighted by molar-refractivity contribution is 5.99. The van der Waals surface area contributed by atoms with E-state index in [0.29, 0.717) is 11.5 Å². The summed E-state index contributed by atoms with van der Waals surface area (Å²) in [5.74, 6) is 0.511. The van der Waals surface area contributed by atoms with Crippen molar-refractivity contribution in [1.82, 2.24) is 15.2 Å². The van der Waals surface area contributed by atoms with Crippen molar-refractivity contribution in [3.8, 4) is 0 Å². The number of urea groups is 1. The Labute approximate surface area is 105 Å². The van der Waals surface area contributed by atoms with Gasteiger partial charge in [-0.25, -0.2) is 9.78 Å². The van der Waals surface area contributed by atoms with E-state index in [2.05, 4.69) is 25.8 Å². The van der Waals surface area contributed by atoms with Crippen LogP contribution in [0.4, 0.5) is 16.3 Å². The maximum atomic E-state index is 11.8. The predicted octanol–water partition coefficient (Wildman–Crippen LogP) is 2.37. The van der Waals surface area contributed by atoms with Gasteiger partial charge in [-0.1, -0.05) is 6.07 Å². The molecule has 0 aromatic carbocycles. The number of hydrogen-bond donors (Lipinski definition) is 3. The summed E-state index contributed by atoms with van der Waals surface area (Å²) < 4.78 is 0. The van der Waals surface area contributed by atoms with Crippen LogP contribution in [0.25, 0.3) is 0 Å². The molecule has 0 saturated carbocycles. The summed E-state index contributed by atoms with van der Waals surface area (Å²) in [5.41, 5.74) is 3.31. The van der Waals surface area contributed by atoms with Crippen LogP contribution in [0.15, 0.2) is 18.3 Å². The van der Waals surface area contributed by atoms with Gasteiger partial charge in [0.25, 0.3) is 0 Å². The van der Waals surface area contributed by atoms with E-state index < -0.39 is 0 Å². The molecule has 0 fully saturated rings. The van der Waals surface area contributed by atoms with E-state index in [9.17, 15) is 4.79 Å². The summed E-state index contributed by atoms with van der Waals surface area (Å²) in [6, 6.07) is 3.31. The number of hydrogen-bond acceptors (Lipinski definition) is 3. The van der Waals surface area contributed by atoms with Crippen LogP contribution in [0.2, 0.25) is 0 Å². The average Bonchev–Trinajstić information content (AvgIpc) is 2.64. The van der Waals surface area contributed by atoms with Gasteiger partial charge in [0.1, 0.15) is 5.82 Å². The molecule has 2 amide bonds. The smallest absolute Gasteiger partial charge is 0.304 e. The van der Waals surface area contributed by atoms with Crippen LogP contribution >= 0.6 is 0 Å². The first-order valence-electron chi connectivity index (χ1n) is 5.58. The number of nitrogens with one attached hydrogen (secondary N) is 3. The number of anilines is 2. The normalized spacial score (nSPS) is 10.2. The lowest BCUT2D eigenvalue weighted by Gasteiger charge is -2.07. The largest absolute Gasteiger partial charge is 0.324 e. The van der Waals surface area contributed by atoms with Crippen molar-refractivity contribution in [2.24, 2.45) is 0 Å². The predicted molar refractivity (Wildman–Crippen MR) is 69.7 cm³/mol. The van der Waals surface area contributed by atoms with Crippen LogP contribution < -0.4 is 10.6 Å².